The largest absolute Gasteiger partial charge is 0.351 e. The monoisotopic (exact) mass is 376 g/mol. The van der Waals surface area contributed by atoms with Crippen LogP contribution in [-0.2, 0) is 9.59 Å². The van der Waals surface area contributed by atoms with Crippen LogP contribution in [0.2, 0.25) is 0 Å². The van der Waals surface area contributed by atoms with Crippen LogP contribution in [0.4, 0.5) is 0 Å². The van der Waals surface area contributed by atoms with Crippen LogP contribution in [0.3, 0.4) is 0 Å². The van der Waals surface area contributed by atoms with Crippen LogP contribution in [0.1, 0.15) is 25.7 Å². The minimum Gasteiger partial charge on any atom is -0.351 e. The van der Waals surface area contributed by atoms with Crippen molar-refractivity contribution in [3.63, 3.8) is 0 Å². The van der Waals surface area contributed by atoms with Crippen molar-refractivity contribution >= 4 is 11.8 Å². The van der Waals surface area contributed by atoms with Crippen molar-refractivity contribution in [2.45, 2.75) is 25.7 Å². The molecule has 8 unspecified atom stereocenters. The van der Waals surface area contributed by atoms with Crippen LogP contribution in [0.5, 0.6) is 0 Å². The van der Waals surface area contributed by atoms with E-state index in [0.29, 0.717) is 60.4 Å². The first-order chi connectivity index (χ1) is 13.7. The first-order valence-corrected chi connectivity index (χ1v) is 11.0. The Morgan fingerprint density at radius 3 is 1.57 bits per heavy atom. The van der Waals surface area contributed by atoms with Crippen LogP contribution in [0.15, 0.2) is 47.6 Å². The number of rotatable bonds is 5. The quantitative estimate of drug-likeness (QED) is 0.573. The van der Waals surface area contributed by atoms with Gasteiger partial charge in [0.25, 0.3) is 0 Å². The molecule has 0 saturated heterocycles. The lowest BCUT2D eigenvalue weighted by Crippen LogP contribution is -2.35. The van der Waals surface area contributed by atoms with Crippen molar-refractivity contribution in [2.75, 3.05) is 13.1 Å². The van der Waals surface area contributed by atoms with Gasteiger partial charge in [0.05, 0.1) is 0 Å². The van der Waals surface area contributed by atoms with Crippen LogP contribution in [0, 0.1) is 47.3 Å². The maximum absolute atomic E-state index is 12.5. The van der Waals surface area contributed by atoms with Gasteiger partial charge < -0.3 is 10.6 Å². The lowest BCUT2D eigenvalue weighted by atomic mass is 9.85. The molecular formula is C24H28N2O2. The number of carbonyl (C=O) groups is 2. The van der Waals surface area contributed by atoms with E-state index in [2.05, 4.69) is 47.1 Å². The Bertz CT molecular complexity index is 781. The van der Waals surface area contributed by atoms with Crippen molar-refractivity contribution in [3.05, 3.63) is 47.6 Å². The van der Waals surface area contributed by atoms with Gasteiger partial charge in [0.15, 0.2) is 0 Å². The van der Waals surface area contributed by atoms with Gasteiger partial charge >= 0.3 is 0 Å². The molecule has 146 valence electrons. The summed E-state index contributed by atoms with van der Waals surface area (Å²) in [5, 5.41) is 6.00. The number of fused-ring (bicyclic) bond motifs is 10. The minimum absolute atomic E-state index is 0.0558. The molecule has 6 rings (SSSR count). The molecule has 4 bridgehead atoms. The van der Waals surface area contributed by atoms with Crippen molar-refractivity contribution < 1.29 is 9.59 Å². The third-order valence-corrected chi connectivity index (χ3v) is 8.36. The molecule has 8 atom stereocenters. The Kier molecular flexibility index (Phi) is 3.72. The summed E-state index contributed by atoms with van der Waals surface area (Å²) in [5.74, 6) is 5.24. The maximum Gasteiger partial charge on any atom is 0.246 e. The topological polar surface area (TPSA) is 58.2 Å². The van der Waals surface area contributed by atoms with Gasteiger partial charge in [-0.2, -0.15) is 0 Å². The summed E-state index contributed by atoms with van der Waals surface area (Å²) >= 11 is 0. The van der Waals surface area contributed by atoms with E-state index in [4.69, 9.17) is 0 Å². The Labute approximate surface area is 166 Å². The number of carbonyl (C=O) groups excluding carboxylic acids is 2. The normalized spacial score (nSPS) is 43.1. The molecule has 2 amide bonds. The van der Waals surface area contributed by atoms with Crippen LogP contribution in [-0.4, -0.2) is 24.9 Å². The molecule has 2 fully saturated rings. The highest BCUT2D eigenvalue weighted by atomic mass is 16.2. The van der Waals surface area contributed by atoms with Gasteiger partial charge in [0, 0.05) is 24.2 Å². The van der Waals surface area contributed by atoms with Gasteiger partial charge in [0.1, 0.15) is 0 Å². The molecule has 0 heterocycles. The second-order valence-corrected chi connectivity index (χ2v) is 9.68. The van der Waals surface area contributed by atoms with Crippen LogP contribution >= 0.6 is 0 Å². The fourth-order valence-electron chi connectivity index (χ4n) is 7.02. The highest BCUT2D eigenvalue weighted by Crippen LogP contribution is 2.55. The summed E-state index contributed by atoms with van der Waals surface area (Å²) < 4.78 is 0. The van der Waals surface area contributed by atoms with Crippen LogP contribution in [0.25, 0.3) is 0 Å². The molecule has 0 aliphatic heterocycles. The zero-order valence-corrected chi connectivity index (χ0v) is 16.1. The van der Waals surface area contributed by atoms with Gasteiger partial charge in [0.2, 0.25) is 11.8 Å². The minimum atomic E-state index is 0.0558. The van der Waals surface area contributed by atoms with Crippen molar-refractivity contribution in [1.82, 2.24) is 10.6 Å². The third kappa shape index (κ3) is 2.49. The summed E-state index contributed by atoms with van der Waals surface area (Å²) in [6, 6.07) is 0. The predicted octanol–water partition coefficient (Wildman–Crippen LogP) is 2.76. The van der Waals surface area contributed by atoms with E-state index in [1.54, 1.807) is 0 Å². The molecule has 0 spiro atoms. The van der Waals surface area contributed by atoms with E-state index in [0.717, 1.165) is 24.0 Å². The molecule has 0 aromatic carbocycles. The number of allylic oxidation sites excluding steroid dienone is 6. The number of amides is 2. The smallest absolute Gasteiger partial charge is 0.246 e. The summed E-state index contributed by atoms with van der Waals surface area (Å²) in [6.07, 6.45) is 18.2. The molecule has 0 radical (unpaired) electrons. The van der Waals surface area contributed by atoms with Crippen molar-refractivity contribution in [1.29, 1.82) is 0 Å². The second kappa shape index (κ2) is 6.20. The van der Waals surface area contributed by atoms with E-state index in [-0.39, 0.29) is 11.8 Å². The van der Waals surface area contributed by atoms with Gasteiger partial charge in [-0.25, -0.2) is 0 Å². The average molecular weight is 377 g/mol. The molecule has 0 aromatic rings. The van der Waals surface area contributed by atoms with Gasteiger partial charge in [-0.1, -0.05) is 36.5 Å². The summed E-state index contributed by atoms with van der Waals surface area (Å²) in [4.78, 5) is 25.0. The molecule has 0 aromatic heterocycles. The van der Waals surface area contributed by atoms with E-state index in [1.807, 2.05) is 0 Å². The van der Waals surface area contributed by atoms with Crippen molar-refractivity contribution in [2.24, 2.45) is 47.3 Å². The Balaban J connectivity index is 0.964. The highest BCUT2D eigenvalue weighted by molar-refractivity contribution is 5.95. The number of hydrogen-bond donors (Lipinski definition) is 2. The van der Waals surface area contributed by atoms with E-state index < -0.39 is 0 Å². The Morgan fingerprint density at radius 2 is 1.14 bits per heavy atom. The van der Waals surface area contributed by atoms with Gasteiger partial charge in [-0.05, 0) is 73.0 Å². The SMILES string of the molecule is O=C(NCCNC(=O)C1=CC2C3C=CC(C3)C2C1)C1=CC2C3C=CC(C3)C2C1. The van der Waals surface area contributed by atoms with E-state index in [9.17, 15) is 9.59 Å². The molecule has 2 N–H and O–H groups in total. The van der Waals surface area contributed by atoms with Crippen molar-refractivity contribution in [3.8, 4) is 0 Å². The standard InChI is InChI=1S/C24H28N2O2/c27-23(17-9-19-13-1-2-14(7-13)20(19)10-17)25-5-6-26-24(28)18-11-21-15-3-4-16(8-15)22(21)12-18/h1-4,9,11,13-16,19-22H,5-8,10,12H2,(H,25,27)(H,26,28). The average Bonchev–Trinajstić information content (AvgIpc) is 3.51. The molecular weight excluding hydrogens is 348 g/mol. The predicted molar refractivity (Wildman–Crippen MR) is 107 cm³/mol. The fourth-order valence-corrected chi connectivity index (χ4v) is 7.02. The Morgan fingerprint density at radius 1 is 0.714 bits per heavy atom. The van der Waals surface area contributed by atoms with E-state index >= 15 is 0 Å². The lowest BCUT2D eigenvalue weighted by molar-refractivity contribution is -0.119. The summed E-state index contributed by atoms with van der Waals surface area (Å²) in [7, 11) is 0. The molecule has 6 aliphatic rings. The van der Waals surface area contributed by atoms with E-state index in [1.165, 1.54) is 12.8 Å². The first kappa shape index (κ1) is 16.8. The van der Waals surface area contributed by atoms with Crippen LogP contribution < -0.4 is 10.6 Å². The zero-order valence-electron chi connectivity index (χ0n) is 16.1. The number of nitrogens with one attached hydrogen (secondary N) is 2. The number of hydrogen-bond acceptors (Lipinski definition) is 2. The maximum atomic E-state index is 12.5. The first-order valence-electron chi connectivity index (χ1n) is 11.0. The summed E-state index contributed by atoms with van der Waals surface area (Å²) in [5.41, 5.74) is 1.91. The highest BCUT2D eigenvalue weighted by Gasteiger charge is 2.48. The van der Waals surface area contributed by atoms with Gasteiger partial charge in [-0.3, -0.25) is 9.59 Å². The fraction of sp³-hybridized carbons (Fsp3) is 0.583. The second-order valence-electron chi connectivity index (χ2n) is 9.68. The molecule has 4 nitrogen and oxygen atoms in total. The molecule has 28 heavy (non-hydrogen) atoms. The molecule has 2 saturated carbocycles. The molecule has 4 heteroatoms. The van der Waals surface area contributed by atoms with Gasteiger partial charge in [-0.15, -0.1) is 0 Å². The third-order valence-electron chi connectivity index (χ3n) is 8.36. The molecule has 6 aliphatic carbocycles. The Hall–Kier alpha value is -2.10. The zero-order chi connectivity index (χ0) is 18.8. The lowest BCUT2D eigenvalue weighted by Gasteiger charge is -2.19. The summed E-state index contributed by atoms with van der Waals surface area (Å²) in [6.45, 7) is 0.991.